The van der Waals surface area contributed by atoms with Gasteiger partial charge in [0.05, 0.1) is 11.4 Å². The second-order valence-corrected chi connectivity index (χ2v) is 9.90. The third-order valence-electron chi connectivity index (χ3n) is 6.02. The monoisotopic (exact) mass is 383 g/mol. The predicted octanol–water partition coefficient (Wildman–Crippen LogP) is 0.585. The largest absolute Gasteiger partial charge is 0.349 e. The van der Waals surface area contributed by atoms with E-state index in [-0.39, 0.29) is 29.5 Å². The molecule has 0 radical (unpaired) electrons. The van der Waals surface area contributed by atoms with Crippen LogP contribution in [0.5, 0.6) is 0 Å². The summed E-state index contributed by atoms with van der Waals surface area (Å²) < 4.78 is 0. The zero-order valence-corrected chi connectivity index (χ0v) is 16.5. The van der Waals surface area contributed by atoms with Gasteiger partial charge in [0.15, 0.2) is 0 Å². The normalized spacial score (nSPS) is 39.5. The van der Waals surface area contributed by atoms with E-state index in [1.807, 2.05) is 11.8 Å². The van der Waals surface area contributed by atoms with E-state index in [9.17, 15) is 4.79 Å². The summed E-state index contributed by atoms with van der Waals surface area (Å²) in [6.45, 7) is 6.07. The SMILES string of the molecule is CC1CNC(C2CC(C(=O)NC3CNN(CC4CCCCC4)C3)NO2)S1. The van der Waals surface area contributed by atoms with Crippen LogP contribution >= 0.6 is 11.8 Å². The molecule has 1 saturated carbocycles. The van der Waals surface area contributed by atoms with Crippen molar-refractivity contribution in [3.63, 3.8) is 0 Å². The Morgan fingerprint density at radius 1 is 1.27 bits per heavy atom. The fourth-order valence-corrected chi connectivity index (χ4v) is 5.77. The lowest BCUT2D eigenvalue weighted by Gasteiger charge is -2.26. The number of thioether (sulfide) groups is 1. The Morgan fingerprint density at radius 2 is 2.12 bits per heavy atom. The number of hydrogen-bond acceptors (Lipinski definition) is 7. The number of amides is 1. The highest BCUT2D eigenvalue weighted by Gasteiger charge is 2.39. The third kappa shape index (κ3) is 4.72. The highest BCUT2D eigenvalue weighted by atomic mass is 32.2. The van der Waals surface area contributed by atoms with Crippen LogP contribution in [0.15, 0.2) is 0 Å². The molecule has 5 unspecified atom stereocenters. The van der Waals surface area contributed by atoms with Crippen LogP contribution in [-0.2, 0) is 9.63 Å². The summed E-state index contributed by atoms with van der Waals surface area (Å²) in [7, 11) is 0. The summed E-state index contributed by atoms with van der Waals surface area (Å²) >= 11 is 1.90. The van der Waals surface area contributed by atoms with E-state index in [2.05, 4.69) is 33.5 Å². The lowest BCUT2D eigenvalue weighted by molar-refractivity contribution is -0.124. The fraction of sp³-hybridized carbons (Fsp3) is 0.944. The molecule has 4 aliphatic rings. The first kappa shape index (κ1) is 19.0. The molecule has 0 aromatic carbocycles. The van der Waals surface area contributed by atoms with Crippen LogP contribution in [-0.4, -0.2) is 65.9 Å². The minimum absolute atomic E-state index is 0.0604. The number of carbonyl (C=O) groups is 1. The zero-order valence-electron chi connectivity index (χ0n) is 15.7. The Bertz CT molecular complexity index is 490. The van der Waals surface area contributed by atoms with Crippen LogP contribution in [0.4, 0.5) is 0 Å². The van der Waals surface area contributed by atoms with Crippen molar-refractivity contribution in [3.8, 4) is 0 Å². The van der Waals surface area contributed by atoms with Gasteiger partial charge in [-0.1, -0.05) is 26.2 Å². The summed E-state index contributed by atoms with van der Waals surface area (Å²) in [5.74, 6) is 0.880. The maximum atomic E-state index is 12.6. The van der Waals surface area contributed by atoms with Crippen LogP contribution in [0.25, 0.3) is 0 Å². The average Bonchev–Trinajstić information content (AvgIpc) is 3.37. The molecule has 8 heteroatoms. The van der Waals surface area contributed by atoms with Crippen LogP contribution in [0.1, 0.15) is 45.4 Å². The number of hydroxylamine groups is 1. The Hall–Kier alpha value is -0.380. The smallest absolute Gasteiger partial charge is 0.239 e. The van der Waals surface area contributed by atoms with Crippen molar-refractivity contribution in [2.45, 2.75) is 74.3 Å². The second kappa shape index (κ2) is 8.75. The molecule has 0 aromatic heterocycles. The molecule has 5 atom stereocenters. The molecule has 4 fully saturated rings. The predicted molar refractivity (Wildman–Crippen MR) is 103 cm³/mol. The van der Waals surface area contributed by atoms with Gasteiger partial charge in [-0.05, 0) is 18.8 Å². The molecule has 3 saturated heterocycles. The fourth-order valence-electron chi connectivity index (χ4n) is 4.55. The first-order chi connectivity index (χ1) is 12.7. The van der Waals surface area contributed by atoms with Crippen LogP contribution < -0.4 is 21.5 Å². The number of nitrogens with zero attached hydrogens (tertiary/aromatic N) is 1. The molecular formula is C18H33N5O2S. The number of nitrogens with one attached hydrogen (secondary N) is 4. The van der Waals surface area contributed by atoms with Crippen molar-refractivity contribution < 1.29 is 9.63 Å². The van der Waals surface area contributed by atoms with E-state index in [0.717, 1.165) is 38.5 Å². The first-order valence-corrected chi connectivity index (χ1v) is 11.2. The standard InChI is InChI=1S/C18H33N5O2S/c1-12-8-19-18(26-12)16-7-15(22-25-16)17(24)21-14-9-20-23(11-14)10-13-5-3-2-4-6-13/h12-16,18-20,22H,2-11H2,1H3,(H,21,24). The highest BCUT2D eigenvalue weighted by Crippen LogP contribution is 2.29. The van der Waals surface area contributed by atoms with Crippen LogP contribution in [0.3, 0.4) is 0 Å². The van der Waals surface area contributed by atoms with Crippen molar-refractivity contribution >= 4 is 17.7 Å². The van der Waals surface area contributed by atoms with Gasteiger partial charge < -0.3 is 10.6 Å². The van der Waals surface area contributed by atoms with Gasteiger partial charge in [0.2, 0.25) is 5.91 Å². The molecule has 3 heterocycles. The molecule has 26 heavy (non-hydrogen) atoms. The molecule has 4 N–H and O–H groups in total. The zero-order chi connectivity index (χ0) is 17.9. The Morgan fingerprint density at radius 3 is 2.88 bits per heavy atom. The average molecular weight is 384 g/mol. The third-order valence-corrected chi connectivity index (χ3v) is 7.42. The Balaban J connectivity index is 1.18. The number of carbonyl (C=O) groups excluding carboxylic acids is 1. The van der Waals surface area contributed by atoms with Gasteiger partial charge in [-0.25, -0.2) is 5.01 Å². The summed E-state index contributed by atoms with van der Waals surface area (Å²) in [6, 6.07) is -0.0587. The highest BCUT2D eigenvalue weighted by molar-refractivity contribution is 8.00. The summed E-state index contributed by atoms with van der Waals surface area (Å²) in [6.07, 6.45) is 7.64. The van der Waals surface area contributed by atoms with Gasteiger partial charge in [-0.3, -0.25) is 15.1 Å². The Labute approximate surface area is 160 Å². The van der Waals surface area contributed by atoms with Crippen molar-refractivity contribution in [2.24, 2.45) is 5.92 Å². The summed E-state index contributed by atoms with van der Waals surface area (Å²) in [5.41, 5.74) is 6.41. The maximum Gasteiger partial charge on any atom is 0.239 e. The van der Waals surface area contributed by atoms with Gasteiger partial charge in [0.25, 0.3) is 0 Å². The van der Waals surface area contributed by atoms with E-state index in [1.165, 1.54) is 32.1 Å². The molecule has 0 aromatic rings. The van der Waals surface area contributed by atoms with Gasteiger partial charge in [-0.2, -0.15) is 5.48 Å². The molecule has 3 aliphatic heterocycles. The van der Waals surface area contributed by atoms with Crippen LogP contribution in [0.2, 0.25) is 0 Å². The van der Waals surface area contributed by atoms with Gasteiger partial charge in [-0.15, -0.1) is 11.8 Å². The first-order valence-electron chi connectivity index (χ1n) is 10.3. The van der Waals surface area contributed by atoms with Crippen molar-refractivity contribution in [1.29, 1.82) is 0 Å². The van der Waals surface area contributed by atoms with Gasteiger partial charge >= 0.3 is 0 Å². The van der Waals surface area contributed by atoms with Crippen LogP contribution in [0, 0.1) is 5.92 Å². The number of hydrogen-bond donors (Lipinski definition) is 4. The number of hydrazine groups is 1. The molecule has 0 bridgehead atoms. The number of rotatable bonds is 5. The van der Waals surface area contributed by atoms with Crippen molar-refractivity contribution in [3.05, 3.63) is 0 Å². The molecule has 4 rings (SSSR count). The minimum Gasteiger partial charge on any atom is -0.349 e. The minimum atomic E-state index is -0.245. The maximum absolute atomic E-state index is 12.6. The Kier molecular flexibility index (Phi) is 6.38. The quantitative estimate of drug-likeness (QED) is 0.553. The molecule has 148 valence electrons. The van der Waals surface area contributed by atoms with E-state index in [0.29, 0.717) is 5.25 Å². The molecule has 1 aliphatic carbocycles. The van der Waals surface area contributed by atoms with Crippen molar-refractivity contribution in [2.75, 3.05) is 26.2 Å². The molecule has 0 spiro atoms. The lowest BCUT2D eigenvalue weighted by atomic mass is 9.89. The van der Waals surface area contributed by atoms with E-state index < -0.39 is 0 Å². The van der Waals surface area contributed by atoms with E-state index >= 15 is 0 Å². The van der Waals surface area contributed by atoms with E-state index in [1.54, 1.807) is 0 Å². The van der Waals surface area contributed by atoms with Gasteiger partial charge in [0.1, 0.15) is 12.1 Å². The summed E-state index contributed by atoms with van der Waals surface area (Å²) in [4.78, 5) is 18.3. The van der Waals surface area contributed by atoms with E-state index in [4.69, 9.17) is 4.84 Å². The second-order valence-electron chi connectivity index (χ2n) is 8.31. The topological polar surface area (TPSA) is 77.7 Å². The summed E-state index contributed by atoms with van der Waals surface area (Å²) in [5, 5.41) is 9.87. The molecule has 7 nitrogen and oxygen atoms in total. The lowest BCUT2D eigenvalue weighted by Crippen LogP contribution is -2.47. The van der Waals surface area contributed by atoms with Crippen molar-refractivity contribution in [1.82, 2.24) is 26.5 Å². The molecular weight excluding hydrogens is 350 g/mol. The molecule has 1 amide bonds. The van der Waals surface area contributed by atoms with Gasteiger partial charge in [0, 0.05) is 37.8 Å².